The van der Waals surface area contributed by atoms with Gasteiger partial charge >= 0.3 is 0 Å². The van der Waals surface area contributed by atoms with E-state index >= 15 is 0 Å². The Morgan fingerprint density at radius 1 is 0.892 bits per heavy atom. The summed E-state index contributed by atoms with van der Waals surface area (Å²) in [4.78, 5) is 23.1. The Bertz CT molecular complexity index is 972. The smallest absolute Gasteiger partial charge is 0.243 e. The molecule has 0 aromatic heterocycles. The van der Waals surface area contributed by atoms with E-state index in [1.165, 1.54) is 0 Å². The van der Waals surface area contributed by atoms with Crippen LogP contribution in [0.15, 0.2) is 48.5 Å². The Labute approximate surface area is 221 Å². The predicted molar refractivity (Wildman–Crippen MR) is 140 cm³/mol. The number of ether oxygens (including phenoxy) is 2. The van der Waals surface area contributed by atoms with Gasteiger partial charge in [-0.25, -0.2) is 5.48 Å². The first-order valence-corrected chi connectivity index (χ1v) is 13.7. The number of benzene rings is 2. The lowest BCUT2D eigenvalue weighted by Gasteiger charge is -2.36. The fourth-order valence-electron chi connectivity index (χ4n) is 4.01. The van der Waals surface area contributed by atoms with Gasteiger partial charge in [0.1, 0.15) is 0 Å². The molecule has 0 saturated carbocycles. The van der Waals surface area contributed by atoms with E-state index in [2.05, 4.69) is 5.32 Å². The van der Waals surface area contributed by atoms with Crippen molar-refractivity contribution in [2.24, 2.45) is 0 Å². The van der Waals surface area contributed by atoms with Crippen LogP contribution in [-0.4, -0.2) is 51.5 Å². The standard InChI is InChI=1S/C27H36N2O7S/c30-13-14-37-18-23-15-24(21-9-7-20(17-31)8-10-21)36-27(35-23)22-11-5-19(6-12-22)16-28-25(32)3-1-2-4-26(33)29-34/h5-12,23-24,27,30-31,34H,1-4,13-18H2,(H,28,32)(H,29,33)/t23-,24+,27+/m0/s1. The van der Waals surface area contributed by atoms with Gasteiger partial charge in [0.05, 0.1) is 25.4 Å². The molecule has 3 rings (SSSR count). The van der Waals surface area contributed by atoms with E-state index in [0.717, 1.165) is 28.0 Å². The summed E-state index contributed by atoms with van der Waals surface area (Å²) in [7, 11) is 0. The molecule has 3 atom stereocenters. The highest BCUT2D eigenvalue weighted by atomic mass is 32.2. The second-order valence-electron chi connectivity index (χ2n) is 8.91. The Morgan fingerprint density at radius 3 is 2.19 bits per heavy atom. The fourth-order valence-corrected chi connectivity index (χ4v) is 4.78. The molecule has 1 heterocycles. The van der Waals surface area contributed by atoms with Crippen molar-refractivity contribution in [3.63, 3.8) is 0 Å². The number of hydroxylamine groups is 1. The average Bonchev–Trinajstić information content (AvgIpc) is 2.94. The van der Waals surface area contributed by atoms with Crippen LogP contribution < -0.4 is 10.8 Å². The third-order valence-corrected chi connectivity index (χ3v) is 7.16. The highest BCUT2D eigenvalue weighted by Crippen LogP contribution is 2.38. The van der Waals surface area contributed by atoms with Gasteiger partial charge < -0.3 is 25.0 Å². The first-order chi connectivity index (χ1) is 18.0. The topological polar surface area (TPSA) is 137 Å². The van der Waals surface area contributed by atoms with Crippen molar-refractivity contribution < 1.29 is 34.5 Å². The molecule has 1 aliphatic rings. The maximum atomic E-state index is 12.1. The highest BCUT2D eigenvalue weighted by molar-refractivity contribution is 7.99. The molecule has 0 spiro atoms. The summed E-state index contributed by atoms with van der Waals surface area (Å²) in [6.07, 6.45) is 1.55. The molecule has 0 bridgehead atoms. The number of carbonyl (C=O) groups is 2. The van der Waals surface area contributed by atoms with Crippen LogP contribution in [0.1, 0.15) is 66.8 Å². The molecule has 1 fully saturated rings. The van der Waals surface area contributed by atoms with Gasteiger partial charge in [-0.2, -0.15) is 11.8 Å². The van der Waals surface area contributed by atoms with Crippen LogP contribution in [0.5, 0.6) is 0 Å². The molecule has 0 aliphatic carbocycles. The van der Waals surface area contributed by atoms with Gasteiger partial charge in [0, 0.05) is 42.9 Å². The average molecular weight is 533 g/mol. The van der Waals surface area contributed by atoms with Crippen LogP contribution in [0.4, 0.5) is 0 Å². The number of rotatable bonds is 14. The van der Waals surface area contributed by atoms with Gasteiger partial charge in [0.2, 0.25) is 11.8 Å². The maximum absolute atomic E-state index is 12.1. The number of hydrogen-bond donors (Lipinski definition) is 5. The van der Waals surface area contributed by atoms with Crippen LogP contribution in [0.25, 0.3) is 0 Å². The van der Waals surface area contributed by atoms with E-state index in [0.29, 0.717) is 38.0 Å². The molecular formula is C27H36N2O7S. The van der Waals surface area contributed by atoms with Crippen molar-refractivity contribution in [1.29, 1.82) is 0 Å². The first kappa shape index (κ1) is 29.1. The first-order valence-electron chi connectivity index (χ1n) is 12.5. The lowest BCUT2D eigenvalue weighted by Crippen LogP contribution is -2.31. The van der Waals surface area contributed by atoms with Gasteiger partial charge in [0.15, 0.2) is 6.29 Å². The summed E-state index contributed by atoms with van der Waals surface area (Å²) in [6, 6.07) is 15.5. The molecule has 1 saturated heterocycles. The summed E-state index contributed by atoms with van der Waals surface area (Å²) in [6.45, 7) is 0.513. The van der Waals surface area contributed by atoms with Gasteiger partial charge in [-0.3, -0.25) is 14.8 Å². The SMILES string of the molecule is O=C(CCCCC(=O)NCc1ccc([C@@H]2O[C@H](CSCCO)C[C@H](c3ccc(CO)cc3)O2)cc1)NO. The molecule has 1 aliphatic heterocycles. The van der Waals surface area contributed by atoms with Gasteiger partial charge in [-0.15, -0.1) is 0 Å². The minimum atomic E-state index is -0.546. The second kappa shape index (κ2) is 15.7. The van der Waals surface area contributed by atoms with Crippen LogP contribution in [-0.2, 0) is 32.2 Å². The molecule has 2 aromatic rings. The molecular weight excluding hydrogens is 496 g/mol. The van der Waals surface area contributed by atoms with Gasteiger partial charge in [0.25, 0.3) is 0 Å². The van der Waals surface area contributed by atoms with E-state index in [9.17, 15) is 14.7 Å². The van der Waals surface area contributed by atoms with Crippen LogP contribution in [0.3, 0.4) is 0 Å². The molecule has 5 N–H and O–H groups in total. The molecule has 2 aromatic carbocycles. The number of amides is 2. The maximum Gasteiger partial charge on any atom is 0.243 e. The Kier molecular flexibility index (Phi) is 12.3. The summed E-state index contributed by atoms with van der Waals surface area (Å²) in [5.74, 6) is 0.860. The fraction of sp³-hybridized carbons (Fsp3) is 0.481. The number of aliphatic hydroxyl groups excluding tert-OH is 2. The van der Waals surface area contributed by atoms with Gasteiger partial charge in [-0.1, -0.05) is 48.5 Å². The van der Waals surface area contributed by atoms with Crippen LogP contribution >= 0.6 is 11.8 Å². The zero-order valence-electron chi connectivity index (χ0n) is 20.8. The molecule has 202 valence electrons. The predicted octanol–water partition coefficient (Wildman–Crippen LogP) is 3.13. The van der Waals surface area contributed by atoms with Crippen LogP contribution in [0.2, 0.25) is 0 Å². The Morgan fingerprint density at radius 2 is 1.54 bits per heavy atom. The van der Waals surface area contributed by atoms with Crippen molar-refractivity contribution in [2.45, 2.75) is 63.8 Å². The van der Waals surface area contributed by atoms with Gasteiger partial charge in [-0.05, 0) is 29.5 Å². The third kappa shape index (κ3) is 9.73. The molecule has 2 amide bonds. The minimum absolute atomic E-state index is 0.00583. The summed E-state index contributed by atoms with van der Waals surface area (Å²) >= 11 is 1.65. The van der Waals surface area contributed by atoms with Crippen LogP contribution in [0, 0.1) is 0 Å². The molecule has 0 radical (unpaired) electrons. The number of nitrogens with one attached hydrogen (secondary N) is 2. The number of unbranched alkanes of at least 4 members (excludes halogenated alkanes) is 1. The second-order valence-corrected chi connectivity index (χ2v) is 10.1. The molecule has 10 heteroatoms. The number of hydrogen-bond acceptors (Lipinski definition) is 8. The van der Waals surface area contributed by atoms with Crippen molar-refractivity contribution >= 4 is 23.6 Å². The molecule has 37 heavy (non-hydrogen) atoms. The van der Waals surface area contributed by atoms with Crippen molar-refractivity contribution in [2.75, 3.05) is 18.1 Å². The minimum Gasteiger partial charge on any atom is -0.396 e. The van der Waals surface area contributed by atoms with Crippen molar-refractivity contribution in [3.05, 3.63) is 70.8 Å². The van der Waals surface area contributed by atoms with E-state index < -0.39 is 12.2 Å². The molecule has 0 unspecified atom stereocenters. The lowest BCUT2D eigenvalue weighted by molar-refractivity contribution is -0.245. The summed E-state index contributed by atoms with van der Waals surface area (Å²) < 4.78 is 12.6. The third-order valence-electron chi connectivity index (χ3n) is 6.08. The van der Waals surface area contributed by atoms with Crippen molar-refractivity contribution in [3.8, 4) is 0 Å². The van der Waals surface area contributed by atoms with E-state index in [1.807, 2.05) is 48.5 Å². The number of thioether (sulfide) groups is 1. The van der Waals surface area contributed by atoms with E-state index in [4.69, 9.17) is 19.8 Å². The summed E-state index contributed by atoms with van der Waals surface area (Å²) in [5.41, 5.74) is 5.28. The number of aliphatic hydroxyl groups is 2. The largest absolute Gasteiger partial charge is 0.396 e. The highest BCUT2D eigenvalue weighted by Gasteiger charge is 2.32. The van der Waals surface area contributed by atoms with Crippen molar-refractivity contribution in [1.82, 2.24) is 10.8 Å². The Balaban J connectivity index is 1.56. The normalized spacial score (nSPS) is 19.4. The van der Waals surface area contributed by atoms with E-state index in [1.54, 1.807) is 17.2 Å². The summed E-state index contributed by atoms with van der Waals surface area (Å²) in [5, 5.41) is 29.8. The quantitative estimate of drug-likeness (QED) is 0.142. The zero-order chi connectivity index (χ0) is 26.5. The Hall–Kier alpha value is -2.47. The van der Waals surface area contributed by atoms with E-state index in [-0.39, 0.29) is 37.7 Å². The lowest BCUT2D eigenvalue weighted by atomic mass is 10.0. The number of carbonyl (C=O) groups excluding carboxylic acids is 2. The monoisotopic (exact) mass is 532 g/mol. The molecule has 9 nitrogen and oxygen atoms in total. The zero-order valence-corrected chi connectivity index (χ0v) is 21.6.